The largest absolute Gasteiger partial charge is 0.394 e. The first-order valence-corrected chi connectivity index (χ1v) is 28.3. The molecule has 2 atom stereocenters. The van der Waals surface area contributed by atoms with Gasteiger partial charge in [-0.05, 0) is 70.6 Å². The van der Waals surface area contributed by atoms with Gasteiger partial charge in [0.1, 0.15) is 0 Å². The van der Waals surface area contributed by atoms with Crippen molar-refractivity contribution in [2.24, 2.45) is 0 Å². The Hall–Kier alpha value is -2.43. The smallest absolute Gasteiger partial charge is 0.220 e. The van der Waals surface area contributed by atoms with Gasteiger partial charge in [0.2, 0.25) is 5.91 Å². The highest BCUT2D eigenvalue weighted by Gasteiger charge is 2.20. The van der Waals surface area contributed by atoms with E-state index in [1.54, 1.807) is 0 Å². The second-order valence-electron chi connectivity index (χ2n) is 19.0. The van der Waals surface area contributed by atoms with Gasteiger partial charge >= 0.3 is 0 Å². The predicted molar refractivity (Wildman–Crippen MR) is 290 cm³/mol. The maximum atomic E-state index is 12.5. The van der Waals surface area contributed by atoms with Crippen molar-refractivity contribution in [2.45, 2.75) is 289 Å². The number of hydrogen-bond acceptors (Lipinski definition) is 3. The average Bonchev–Trinajstić information content (AvgIpc) is 3.31. The van der Waals surface area contributed by atoms with E-state index in [0.29, 0.717) is 12.8 Å². The number of amides is 1. The average molecular weight is 905 g/mol. The second kappa shape index (κ2) is 55.9. The molecular formula is C61H109NO3. The van der Waals surface area contributed by atoms with E-state index in [2.05, 4.69) is 104 Å². The molecule has 0 aromatic heterocycles. The van der Waals surface area contributed by atoms with Crippen LogP contribution in [0.1, 0.15) is 277 Å². The van der Waals surface area contributed by atoms with Gasteiger partial charge in [-0.15, -0.1) is 0 Å². The molecule has 4 heteroatoms. The summed E-state index contributed by atoms with van der Waals surface area (Å²) < 4.78 is 0. The van der Waals surface area contributed by atoms with Crippen LogP contribution in [0.25, 0.3) is 0 Å². The number of carbonyl (C=O) groups excluding carboxylic acids is 1. The molecule has 0 aliphatic carbocycles. The zero-order valence-corrected chi connectivity index (χ0v) is 43.2. The summed E-state index contributed by atoms with van der Waals surface area (Å²) >= 11 is 0. The SMILES string of the molecule is CC/C=C\C/C=C\C/C=C\C/C=C\C/C=C\C/C=C\C/C=C\CCCCCCCCCCCC(=O)NC(CO)C(O)CCCCCCCCCCCCCCCCCCCCCCCC. The zero-order chi connectivity index (χ0) is 47.0. The fraction of sp³-hybridized carbons (Fsp3) is 0.754. The van der Waals surface area contributed by atoms with E-state index >= 15 is 0 Å². The van der Waals surface area contributed by atoms with Crippen molar-refractivity contribution >= 4 is 5.91 Å². The molecule has 0 saturated carbocycles. The van der Waals surface area contributed by atoms with Crippen molar-refractivity contribution in [1.29, 1.82) is 0 Å². The molecule has 3 N–H and O–H groups in total. The molecule has 65 heavy (non-hydrogen) atoms. The molecule has 0 saturated heterocycles. The zero-order valence-electron chi connectivity index (χ0n) is 43.2. The molecular weight excluding hydrogens is 795 g/mol. The van der Waals surface area contributed by atoms with Gasteiger partial charge in [0.25, 0.3) is 0 Å². The Labute approximate surface area is 405 Å². The minimum Gasteiger partial charge on any atom is -0.394 e. The number of allylic oxidation sites excluding steroid dienone is 14. The van der Waals surface area contributed by atoms with Crippen LogP contribution < -0.4 is 5.32 Å². The first kappa shape index (κ1) is 62.6. The van der Waals surface area contributed by atoms with Crippen LogP contribution in [0.2, 0.25) is 0 Å². The molecule has 0 radical (unpaired) electrons. The second-order valence-corrected chi connectivity index (χ2v) is 19.0. The Morgan fingerprint density at radius 2 is 0.677 bits per heavy atom. The summed E-state index contributed by atoms with van der Waals surface area (Å²) in [5.41, 5.74) is 0. The molecule has 0 aromatic carbocycles. The molecule has 0 rings (SSSR count). The van der Waals surface area contributed by atoms with Gasteiger partial charge in [0, 0.05) is 6.42 Å². The standard InChI is InChI=1S/C61H109NO3/c1-3-5-7-9-11-13-15-17-19-21-23-25-27-28-29-30-31-32-33-34-35-37-39-41-43-45-47-49-51-53-55-57-61(65)62-59(58-63)60(64)56-54-52-50-48-46-44-42-40-38-36-26-24-22-20-18-16-14-12-10-8-6-4-2/h5,7,11,13,17,19,23,25,28-29,31-32,34-35,59-60,63-64H,3-4,6,8-10,12,14-16,18,20-22,24,26-27,30,33,36-58H2,1-2H3,(H,62,65)/b7-5-,13-11-,19-17-,25-23-,29-28-,32-31-,35-34-. The fourth-order valence-electron chi connectivity index (χ4n) is 8.40. The van der Waals surface area contributed by atoms with Gasteiger partial charge in [0.05, 0.1) is 18.8 Å². The third-order valence-electron chi connectivity index (χ3n) is 12.7. The van der Waals surface area contributed by atoms with E-state index in [-0.39, 0.29) is 12.5 Å². The van der Waals surface area contributed by atoms with Crippen LogP contribution >= 0.6 is 0 Å². The molecule has 0 spiro atoms. The summed E-state index contributed by atoms with van der Waals surface area (Å²) in [6.07, 6.45) is 81.3. The van der Waals surface area contributed by atoms with E-state index in [1.807, 2.05) is 0 Å². The number of aliphatic hydroxyl groups is 2. The lowest BCUT2D eigenvalue weighted by Crippen LogP contribution is -2.45. The van der Waals surface area contributed by atoms with Gasteiger partial charge in [-0.25, -0.2) is 0 Å². The molecule has 0 aliphatic rings. The van der Waals surface area contributed by atoms with Gasteiger partial charge in [-0.3, -0.25) is 4.79 Å². The number of hydrogen-bond donors (Lipinski definition) is 3. The number of carbonyl (C=O) groups is 1. The Morgan fingerprint density at radius 3 is 1.02 bits per heavy atom. The third-order valence-corrected chi connectivity index (χ3v) is 12.7. The minimum absolute atomic E-state index is 0.0383. The van der Waals surface area contributed by atoms with E-state index in [9.17, 15) is 15.0 Å². The monoisotopic (exact) mass is 904 g/mol. The lowest BCUT2D eigenvalue weighted by Gasteiger charge is -2.22. The maximum absolute atomic E-state index is 12.5. The quantitative estimate of drug-likeness (QED) is 0.0421. The Kier molecular flexibility index (Phi) is 53.8. The molecule has 4 nitrogen and oxygen atoms in total. The topological polar surface area (TPSA) is 69.6 Å². The van der Waals surface area contributed by atoms with Crippen molar-refractivity contribution in [1.82, 2.24) is 5.32 Å². The summed E-state index contributed by atoms with van der Waals surface area (Å²) in [4.78, 5) is 12.5. The van der Waals surface area contributed by atoms with Gasteiger partial charge in [0.15, 0.2) is 0 Å². The van der Waals surface area contributed by atoms with Crippen LogP contribution in [0.15, 0.2) is 85.1 Å². The summed E-state index contributed by atoms with van der Waals surface area (Å²) in [6, 6.07) is -0.546. The molecule has 0 aromatic rings. The number of nitrogens with one attached hydrogen (secondary N) is 1. The van der Waals surface area contributed by atoms with Crippen LogP contribution in [0.4, 0.5) is 0 Å². The van der Waals surface area contributed by atoms with E-state index < -0.39 is 12.1 Å². The maximum Gasteiger partial charge on any atom is 0.220 e. The van der Waals surface area contributed by atoms with Crippen LogP contribution in [-0.4, -0.2) is 34.9 Å². The summed E-state index contributed by atoms with van der Waals surface area (Å²) in [6.45, 7) is 4.26. The van der Waals surface area contributed by atoms with Crippen LogP contribution in [0.3, 0.4) is 0 Å². The molecule has 2 unspecified atom stereocenters. The van der Waals surface area contributed by atoms with E-state index in [0.717, 1.165) is 70.6 Å². The fourth-order valence-corrected chi connectivity index (χ4v) is 8.40. The molecule has 0 heterocycles. The van der Waals surface area contributed by atoms with Gasteiger partial charge in [-0.1, -0.05) is 285 Å². The highest BCUT2D eigenvalue weighted by atomic mass is 16.3. The van der Waals surface area contributed by atoms with Crippen molar-refractivity contribution in [3.05, 3.63) is 85.1 Å². The normalized spacial score (nSPS) is 13.5. The highest BCUT2D eigenvalue weighted by molar-refractivity contribution is 5.76. The van der Waals surface area contributed by atoms with Crippen molar-refractivity contribution in [3.63, 3.8) is 0 Å². The highest BCUT2D eigenvalue weighted by Crippen LogP contribution is 2.17. The molecule has 0 fully saturated rings. The predicted octanol–water partition coefficient (Wildman–Crippen LogP) is 18.8. The first-order chi connectivity index (χ1) is 32.2. The number of rotatable bonds is 51. The van der Waals surface area contributed by atoms with E-state index in [1.165, 1.54) is 180 Å². The summed E-state index contributed by atoms with van der Waals surface area (Å²) in [5, 5.41) is 23.3. The minimum atomic E-state index is -0.668. The first-order valence-electron chi connectivity index (χ1n) is 28.3. The van der Waals surface area contributed by atoms with E-state index in [4.69, 9.17) is 0 Å². The van der Waals surface area contributed by atoms with Crippen molar-refractivity contribution in [3.8, 4) is 0 Å². The number of aliphatic hydroxyl groups excluding tert-OH is 2. The van der Waals surface area contributed by atoms with Crippen molar-refractivity contribution < 1.29 is 15.0 Å². The van der Waals surface area contributed by atoms with Crippen LogP contribution in [-0.2, 0) is 4.79 Å². The Bertz CT molecular complexity index is 1160. The lowest BCUT2D eigenvalue weighted by molar-refractivity contribution is -0.123. The Balaban J connectivity index is 3.54. The molecule has 0 bridgehead atoms. The van der Waals surface area contributed by atoms with Gasteiger partial charge in [-0.2, -0.15) is 0 Å². The number of unbranched alkanes of at least 4 members (excludes halogenated alkanes) is 30. The Morgan fingerprint density at radius 1 is 0.385 bits per heavy atom. The lowest BCUT2D eigenvalue weighted by atomic mass is 10.0. The molecule has 1 amide bonds. The van der Waals surface area contributed by atoms with Gasteiger partial charge < -0.3 is 15.5 Å². The van der Waals surface area contributed by atoms with Crippen molar-refractivity contribution in [2.75, 3.05) is 6.61 Å². The van der Waals surface area contributed by atoms with Crippen LogP contribution in [0, 0.1) is 0 Å². The third kappa shape index (κ3) is 52.4. The molecule has 376 valence electrons. The van der Waals surface area contributed by atoms with Crippen LogP contribution in [0.5, 0.6) is 0 Å². The molecule has 0 aliphatic heterocycles. The summed E-state index contributed by atoms with van der Waals surface area (Å²) in [7, 11) is 0. The summed E-state index contributed by atoms with van der Waals surface area (Å²) in [5.74, 6) is -0.0383.